The lowest BCUT2D eigenvalue weighted by Gasteiger charge is -2.21. The van der Waals surface area contributed by atoms with Crippen molar-refractivity contribution in [3.63, 3.8) is 0 Å². The Morgan fingerprint density at radius 1 is 1.19 bits per heavy atom. The number of nitrogens with one attached hydrogen (secondary N) is 1. The Kier molecular flexibility index (Phi) is 7.44. The van der Waals surface area contributed by atoms with E-state index in [2.05, 4.69) is 17.0 Å². The monoisotopic (exact) mass is 364 g/mol. The van der Waals surface area contributed by atoms with Crippen LogP contribution in [-0.2, 0) is 9.53 Å². The molecule has 0 heterocycles. The number of ether oxygens (including phenoxy) is 1. The van der Waals surface area contributed by atoms with Crippen LogP contribution in [0.4, 0.5) is 13.6 Å². The van der Waals surface area contributed by atoms with Crippen LogP contribution in [0.2, 0.25) is 0 Å². The molecule has 2 rings (SSSR count). The topological polar surface area (TPSA) is 67.8 Å². The van der Waals surface area contributed by atoms with Crippen LogP contribution in [0, 0.1) is 17.6 Å². The smallest absolute Gasteiger partial charge is 0.411 e. The maximum absolute atomic E-state index is 13.3. The molecule has 0 saturated heterocycles. The molecular weight excluding hydrogens is 342 g/mol. The molecule has 26 heavy (non-hydrogen) atoms. The van der Waals surface area contributed by atoms with E-state index in [9.17, 15) is 18.4 Å². The van der Waals surface area contributed by atoms with Gasteiger partial charge in [0.05, 0.1) is 6.61 Å². The first-order valence-electron chi connectivity index (χ1n) is 8.60. The minimum atomic E-state index is -0.834. The highest BCUT2D eigenvalue weighted by Gasteiger charge is 2.16. The molecule has 1 aliphatic carbocycles. The third-order valence-electron chi connectivity index (χ3n) is 4.29. The zero-order chi connectivity index (χ0) is 18.9. The lowest BCUT2D eigenvalue weighted by molar-refractivity contribution is -0.114. The van der Waals surface area contributed by atoms with Gasteiger partial charge in [0.15, 0.2) is 0 Å². The number of carbonyl (C=O) groups is 2. The summed E-state index contributed by atoms with van der Waals surface area (Å²) in [5.74, 6) is -1.88. The highest BCUT2D eigenvalue weighted by atomic mass is 19.1. The molecule has 5 nitrogen and oxygen atoms in total. The zero-order valence-corrected chi connectivity index (χ0v) is 14.5. The van der Waals surface area contributed by atoms with Gasteiger partial charge in [-0.25, -0.2) is 18.6 Å². The van der Waals surface area contributed by atoms with Gasteiger partial charge in [-0.3, -0.25) is 10.1 Å². The second-order valence-corrected chi connectivity index (χ2v) is 6.28. The normalized spacial score (nSPS) is 15.4. The Morgan fingerprint density at radius 3 is 2.46 bits per heavy atom. The number of halogens is 2. The molecule has 1 aromatic carbocycles. The van der Waals surface area contributed by atoms with E-state index < -0.39 is 23.6 Å². The van der Waals surface area contributed by atoms with Crippen LogP contribution in [0.25, 0.3) is 6.08 Å². The van der Waals surface area contributed by atoms with E-state index in [0.29, 0.717) is 12.0 Å². The summed E-state index contributed by atoms with van der Waals surface area (Å²) in [6.45, 7) is 3.35. The molecule has 1 aromatic rings. The standard InChI is InChI=1S/C19H22F2N2O3/c1-22-18(24)17(11-14-9-15(20)12-16(21)10-14)23-19(25)26-8-7-13-5-3-2-4-6-13/h9-13H,1-8H2,(H,23,25)/b17-11+. The second kappa shape index (κ2) is 9.79. The van der Waals surface area contributed by atoms with Crippen molar-refractivity contribution in [2.75, 3.05) is 6.61 Å². The van der Waals surface area contributed by atoms with Gasteiger partial charge in [0.2, 0.25) is 0 Å². The number of amides is 2. The van der Waals surface area contributed by atoms with E-state index in [1.54, 1.807) is 0 Å². The third kappa shape index (κ3) is 6.38. The Morgan fingerprint density at radius 2 is 1.85 bits per heavy atom. The molecule has 0 bridgehead atoms. The number of aliphatic imine (C=N–C) groups is 1. The minimum Gasteiger partial charge on any atom is -0.449 e. The van der Waals surface area contributed by atoms with Gasteiger partial charge in [-0.15, -0.1) is 0 Å². The molecule has 0 unspecified atom stereocenters. The predicted molar refractivity (Wildman–Crippen MR) is 94.6 cm³/mol. The number of nitrogens with zero attached hydrogens (tertiary/aromatic N) is 1. The molecule has 2 amide bonds. The molecule has 0 aromatic heterocycles. The highest BCUT2D eigenvalue weighted by molar-refractivity contribution is 6.02. The van der Waals surface area contributed by atoms with E-state index in [4.69, 9.17) is 4.74 Å². The fourth-order valence-corrected chi connectivity index (χ4v) is 3.00. The predicted octanol–water partition coefficient (Wildman–Crippen LogP) is 4.23. The summed E-state index contributed by atoms with van der Waals surface area (Å²) < 4.78 is 31.6. The van der Waals surface area contributed by atoms with Gasteiger partial charge in [0.1, 0.15) is 17.3 Å². The van der Waals surface area contributed by atoms with Crippen LogP contribution < -0.4 is 5.32 Å². The van der Waals surface area contributed by atoms with Gasteiger partial charge < -0.3 is 4.74 Å². The van der Waals surface area contributed by atoms with E-state index >= 15 is 0 Å². The minimum absolute atomic E-state index is 0.0667. The van der Waals surface area contributed by atoms with Gasteiger partial charge in [-0.2, -0.15) is 0 Å². The third-order valence-corrected chi connectivity index (χ3v) is 4.29. The van der Waals surface area contributed by atoms with Crippen molar-refractivity contribution >= 4 is 24.8 Å². The average Bonchev–Trinajstić information content (AvgIpc) is 2.60. The first kappa shape index (κ1) is 19.8. The van der Waals surface area contributed by atoms with Crippen molar-refractivity contribution in [2.45, 2.75) is 38.5 Å². The van der Waals surface area contributed by atoms with Gasteiger partial charge in [-0.05, 0) is 42.8 Å². The van der Waals surface area contributed by atoms with Crippen molar-refractivity contribution in [3.8, 4) is 0 Å². The van der Waals surface area contributed by atoms with Gasteiger partial charge >= 0.3 is 6.09 Å². The van der Waals surface area contributed by atoms with E-state index in [1.807, 2.05) is 0 Å². The maximum Gasteiger partial charge on any atom is 0.411 e. The number of rotatable bonds is 6. The molecule has 1 saturated carbocycles. The first-order chi connectivity index (χ1) is 12.5. The lowest BCUT2D eigenvalue weighted by atomic mass is 9.87. The molecule has 0 aliphatic heterocycles. The molecule has 7 heteroatoms. The quantitative estimate of drug-likeness (QED) is 0.607. The first-order valence-corrected chi connectivity index (χ1v) is 8.60. The highest BCUT2D eigenvalue weighted by Crippen LogP contribution is 2.26. The molecule has 0 spiro atoms. The number of benzene rings is 1. The second-order valence-electron chi connectivity index (χ2n) is 6.28. The van der Waals surface area contributed by atoms with Crippen molar-refractivity contribution in [1.82, 2.24) is 5.32 Å². The fraction of sp³-hybridized carbons (Fsp3) is 0.421. The van der Waals surface area contributed by atoms with E-state index in [1.165, 1.54) is 19.3 Å². The fourth-order valence-electron chi connectivity index (χ4n) is 3.00. The van der Waals surface area contributed by atoms with Crippen molar-refractivity contribution in [2.24, 2.45) is 10.9 Å². The Balaban J connectivity index is 1.96. The largest absolute Gasteiger partial charge is 0.449 e. The molecule has 1 fully saturated rings. The van der Waals surface area contributed by atoms with E-state index in [0.717, 1.165) is 37.5 Å². The Bertz CT molecular complexity index is 678. The maximum atomic E-state index is 13.3. The SMILES string of the molecule is C=NC(=O)/C(=C\c1cc(F)cc(F)c1)NC(=O)OCCC1CCCCC1. The van der Waals surface area contributed by atoms with Gasteiger partial charge in [0, 0.05) is 6.07 Å². The summed E-state index contributed by atoms with van der Waals surface area (Å²) in [5, 5.41) is 2.26. The summed E-state index contributed by atoms with van der Waals surface area (Å²) in [6, 6.07) is 2.75. The van der Waals surface area contributed by atoms with Crippen LogP contribution in [0.15, 0.2) is 28.9 Å². The number of alkyl carbamates (subject to hydrolysis) is 1. The van der Waals surface area contributed by atoms with Crippen LogP contribution in [0.1, 0.15) is 44.1 Å². The van der Waals surface area contributed by atoms with Crippen molar-refractivity contribution in [1.29, 1.82) is 0 Å². The average molecular weight is 364 g/mol. The number of hydrogen-bond acceptors (Lipinski definition) is 3. The molecule has 0 atom stereocenters. The summed E-state index contributed by atoms with van der Waals surface area (Å²) in [4.78, 5) is 26.9. The van der Waals surface area contributed by atoms with E-state index in [-0.39, 0.29) is 17.9 Å². The van der Waals surface area contributed by atoms with Crippen LogP contribution in [-0.4, -0.2) is 25.3 Å². The summed E-state index contributed by atoms with van der Waals surface area (Å²) in [5.41, 5.74) is -0.204. The van der Waals surface area contributed by atoms with Crippen LogP contribution >= 0.6 is 0 Å². The number of hydrogen-bond donors (Lipinski definition) is 1. The van der Waals surface area contributed by atoms with Gasteiger partial charge in [-0.1, -0.05) is 32.1 Å². The van der Waals surface area contributed by atoms with Gasteiger partial charge in [0.25, 0.3) is 5.91 Å². The molecular formula is C19H22F2N2O3. The molecule has 0 radical (unpaired) electrons. The van der Waals surface area contributed by atoms with Crippen LogP contribution in [0.3, 0.4) is 0 Å². The van der Waals surface area contributed by atoms with Crippen molar-refractivity contribution in [3.05, 3.63) is 41.1 Å². The zero-order valence-electron chi connectivity index (χ0n) is 14.5. The summed E-state index contributed by atoms with van der Waals surface area (Å²) in [6.07, 6.45) is 7.01. The van der Waals surface area contributed by atoms with Crippen molar-refractivity contribution < 1.29 is 23.1 Å². The number of carbonyl (C=O) groups excluding carboxylic acids is 2. The molecule has 1 aliphatic rings. The molecule has 140 valence electrons. The lowest BCUT2D eigenvalue weighted by Crippen LogP contribution is -2.28. The summed E-state index contributed by atoms with van der Waals surface area (Å²) in [7, 11) is 0. The molecule has 1 N–H and O–H groups in total. The Labute approximate surface area is 151 Å². The van der Waals surface area contributed by atoms with Crippen LogP contribution in [0.5, 0.6) is 0 Å². The Hall–Kier alpha value is -2.57. The summed E-state index contributed by atoms with van der Waals surface area (Å²) >= 11 is 0.